The number of benzene rings is 1. The molecule has 0 spiro atoms. The van der Waals surface area contributed by atoms with Gasteiger partial charge in [0.2, 0.25) is 0 Å². The van der Waals surface area contributed by atoms with Gasteiger partial charge in [-0.15, -0.1) is 11.6 Å². The van der Waals surface area contributed by atoms with E-state index >= 15 is 0 Å². The van der Waals surface area contributed by atoms with E-state index in [0.717, 1.165) is 25.9 Å². The van der Waals surface area contributed by atoms with Crippen molar-refractivity contribution in [1.29, 1.82) is 0 Å². The Balaban J connectivity index is 2.08. The van der Waals surface area contributed by atoms with E-state index in [1.807, 2.05) is 4.90 Å². The quantitative estimate of drug-likeness (QED) is 0.754. The van der Waals surface area contributed by atoms with Crippen molar-refractivity contribution in [3.63, 3.8) is 0 Å². The van der Waals surface area contributed by atoms with E-state index in [-0.39, 0.29) is 5.91 Å². The van der Waals surface area contributed by atoms with Crippen LogP contribution in [0.2, 0.25) is 10.0 Å². The molecule has 1 aliphatic heterocycles. The van der Waals surface area contributed by atoms with Crippen molar-refractivity contribution in [1.82, 2.24) is 4.90 Å². The van der Waals surface area contributed by atoms with Crippen molar-refractivity contribution in [2.45, 2.75) is 12.8 Å². The monoisotopic (exact) mass is 305 g/mol. The Morgan fingerprint density at radius 3 is 2.50 bits per heavy atom. The first-order valence-electron chi connectivity index (χ1n) is 5.92. The number of alkyl halides is 1. The number of rotatable bonds is 2. The fourth-order valence-corrected chi connectivity index (χ4v) is 2.92. The molecule has 1 amide bonds. The predicted octanol–water partition coefficient (Wildman–Crippen LogP) is 4.08. The van der Waals surface area contributed by atoms with Gasteiger partial charge in [0, 0.05) is 24.0 Å². The van der Waals surface area contributed by atoms with Crippen LogP contribution in [0, 0.1) is 5.92 Å². The molecule has 1 aliphatic rings. The highest BCUT2D eigenvalue weighted by Crippen LogP contribution is 2.25. The van der Waals surface area contributed by atoms with Crippen molar-refractivity contribution in [2.24, 2.45) is 5.92 Å². The average Bonchev–Trinajstić information content (AvgIpc) is 2.38. The molecule has 0 atom stereocenters. The number of halogens is 3. The lowest BCUT2D eigenvalue weighted by atomic mass is 9.98. The molecule has 0 aromatic heterocycles. The Morgan fingerprint density at radius 1 is 1.28 bits per heavy atom. The molecule has 1 aromatic rings. The first-order valence-corrected chi connectivity index (χ1v) is 7.21. The second kappa shape index (κ2) is 6.14. The molecule has 0 bridgehead atoms. The minimum absolute atomic E-state index is 0.0234. The van der Waals surface area contributed by atoms with Crippen molar-refractivity contribution >= 4 is 40.7 Å². The van der Waals surface area contributed by atoms with Crippen LogP contribution in [0.5, 0.6) is 0 Å². The van der Waals surface area contributed by atoms with Gasteiger partial charge in [0.25, 0.3) is 5.91 Å². The van der Waals surface area contributed by atoms with E-state index in [1.54, 1.807) is 18.2 Å². The summed E-state index contributed by atoms with van der Waals surface area (Å²) < 4.78 is 0. The van der Waals surface area contributed by atoms with Gasteiger partial charge in [-0.1, -0.05) is 23.2 Å². The molecule has 1 saturated heterocycles. The van der Waals surface area contributed by atoms with E-state index in [0.29, 0.717) is 27.4 Å². The highest BCUT2D eigenvalue weighted by Gasteiger charge is 2.24. The van der Waals surface area contributed by atoms with Gasteiger partial charge >= 0.3 is 0 Å². The molecule has 0 radical (unpaired) electrons. The highest BCUT2D eigenvalue weighted by molar-refractivity contribution is 6.36. The Bertz CT molecular complexity index is 442. The first kappa shape index (κ1) is 14.0. The summed E-state index contributed by atoms with van der Waals surface area (Å²) in [5.41, 5.74) is 0.519. The molecule has 1 heterocycles. The molecular weight excluding hydrogens is 293 g/mol. The summed E-state index contributed by atoms with van der Waals surface area (Å²) in [6, 6.07) is 4.97. The summed E-state index contributed by atoms with van der Waals surface area (Å²) in [4.78, 5) is 14.1. The van der Waals surface area contributed by atoms with Crippen LogP contribution in [-0.4, -0.2) is 29.8 Å². The largest absolute Gasteiger partial charge is 0.339 e. The number of carbonyl (C=O) groups excluding carboxylic acids is 1. The Morgan fingerprint density at radius 2 is 1.94 bits per heavy atom. The number of amides is 1. The SMILES string of the molecule is O=C(c1ccc(Cl)cc1Cl)N1CCC(CCl)CC1. The third-order valence-electron chi connectivity index (χ3n) is 3.28. The summed E-state index contributed by atoms with van der Waals surface area (Å²) in [6.45, 7) is 1.49. The normalized spacial score (nSPS) is 16.9. The summed E-state index contributed by atoms with van der Waals surface area (Å²) >= 11 is 17.7. The number of hydrogen-bond acceptors (Lipinski definition) is 1. The minimum Gasteiger partial charge on any atom is -0.339 e. The number of piperidine rings is 1. The van der Waals surface area contributed by atoms with Crippen molar-refractivity contribution in [3.8, 4) is 0 Å². The van der Waals surface area contributed by atoms with Crippen molar-refractivity contribution < 1.29 is 4.79 Å². The third-order valence-corrected chi connectivity index (χ3v) is 4.27. The maximum atomic E-state index is 12.3. The lowest BCUT2D eigenvalue weighted by Crippen LogP contribution is -2.38. The molecular formula is C13H14Cl3NO. The second-order valence-corrected chi connectivity index (χ2v) is 5.67. The highest BCUT2D eigenvalue weighted by atomic mass is 35.5. The summed E-state index contributed by atoms with van der Waals surface area (Å²) in [5.74, 6) is 1.17. The zero-order valence-corrected chi connectivity index (χ0v) is 12.1. The Hall–Kier alpha value is -0.440. The van der Waals surface area contributed by atoms with E-state index in [2.05, 4.69) is 0 Å². The van der Waals surface area contributed by atoms with E-state index in [4.69, 9.17) is 34.8 Å². The van der Waals surface area contributed by atoms with Gasteiger partial charge in [-0.05, 0) is 37.0 Å². The molecule has 0 aliphatic carbocycles. The molecule has 98 valence electrons. The van der Waals surface area contributed by atoms with Gasteiger partial charge in [-0.3, -0.25) is 4.79 Å². The van der Waals surface area contributed by atoms with Crippen LogP contribution in [0.1, 0.15) is 23.2 Å². The maximum Gasteiger partial charge on any atom is 0.255 e. The fraction of sp³-hybridized carbons (Fsp3) is 0.462. The zero-order chi connectivity index (χ0) is 13.1. The second-order valence-electron chi connectivity index (χ2n) is 4.51. The van der Waals surface area contributed by atoms with Crippen LogP contribution >= 0.6 is 34.8 Å². The number of nitrogens with zero attached hydrogens (tertiary/aromatic N) is 1. The number of carbonyl (C=O) groups is 1. The summed E-state index contributed by atoms with van der Waals surface area (Å²) in [7, 11) is 0. The molecule has 1 fully saturated rings. The number of hydrogen-bond donors (Lipinski definition) is 0. The predicted molar refractivity (Wildman–Crippen MR) is 75.8 cm³/mol. The van der Waals surface area contributed by atoms with Crippen LogP contribution in [0.15, 0.2) is 18.2 Å². The first-order chi connectivity index (χ1) is 8.61. The van der Waals surface area contributed by atoms with E-state index in [9.17, 15) is 4.79 Å². The van der Waals surface area contributed by atoms with E-state index in [1.165, 1.54) is 0 Å². The van der Waals surface area contributed by atoms with Crippen molar-refractivity contribution in [3.05, 3.63) is 33.8 Å². The zero-order valence-electron chi connectivity index (χ0n) is 9.83. The standard InChI is InChI=1S/C13H14Cl3NO/c14-8-9-3-5-17(6-4-9)13(18)11-2-1-10(15)7-12(11)16/h1-2,7,9H,3-6,8H2. The van der Waals surface area contributed by atoms with Gasteiger partial charge < -0.3 is 4.90 Å². The molecule has 1 aromatic carbocycles. The van der Waals surface area contributed by atoms with E-state index < -0.39 is 0 Å². The molecule has 0 unspecified atom stereocenters. The number of likely N-dealkylation sites (tertiary alicyclic amines) is 1. The fourth-order valence-electron chi connectivity index (χ4n) is 2.12. The third kappa shape index (κ3) is 3.11. The maximum absolute atomic E-state index is 12.3. The molecule has 0 saturated carbocycles. The molecule has 0 N–H and O–H groups in total. The lowest BCUT2D eigenvalue weighted by molar-refractivity contribution is 0.0698. The molecule has 5 heteroatoms. The van der Waals surface area contributed by atoms with Gasteiger partial charge in [0.05, 0.1) is 10.6 Å². The van der Waals surface area contributed by atoms with Crippen LogP contribution in [0.4, 0.5) is 0 Å². The van der Waals surface area contributed by atoms with Gasteiger partial charge in [-0.25, -0.2) is 0 Å². The van der Waals surface area contributed by atoms with Crippen LogP contribution < -0.4 is 0 Å². The molecule has 2 rings (SSSR count). The lowest BCUT2D eigenvalue weighted by Gasteiger charge is -2.31. The minimum atomic E-state index is -0.0234. The van der Waals surface area contributed by atoms with Crippen LogP contribution in [-0.2, 0) is 0 Å². The topological polar surface area (TPSA) is 20.3 Å². The summed E-state index contributed by atoms with van der Waals surface area (Å²) in [5, 5.41) is 0.948. The van der Waals surface area contributed by atoms with Gasteiger partial charge in [0.1, 0.15) is 0 Å². The van der Waals surface area contributed by atoms with Gasteiger partial charge in [0.15, 0.2) is 0 Å². The molecule has 18 heavy (non-hydrogen) atoms. The smallest absolute Gasteiger partial charge is 0.255 e. The molecule has 2 nitrogen and oxygen atoms in total. The Labute approximate surface area is 122 Å². The van der Waals surface area contributed by atoms with Crippen molar-refractivity contribution in [2.75, 3.05) is 19.0 Å². The average molecular weight is 307 g/mol. The van der Waals surface area contributed by atoms with Gasteiger partial charge in [-0.2, -0.15) is 0 Å². The summed E-state index contributed by atoms with van der Waals surface area (Å²) in [6.07, 6.45) is 1.92. The van der Waals surface area contributed by atoms with Crippen LogP contribution in [0.25, 0.3) is 0 Å². The Kier molecular flexibility index (Phi) is 4.77. The van der Waals surface area contributed by atoms with Crippen LogP contribution in [0.3, 0.4) is 0 Å².